The van der Waals surface area contributed by atoms with Gasteiger partial charge in [-0.3, -0.25) is 10.1 Å². The number of hydrogen-bond donors (Lipinski definition) is 1. The maximum Gasteiger partial charge on any atom is 0.433 e. The zero-order valence-corrected chi connectivity index (χ0v) is 12.6. The highest BCUT2D eigenvalue weighted by atomic mass is 16.6. The Bertz CT molecular complexity index is 947. The summed E-state index contributed by atoms with van der Waals surface area (Å²) in [7, 11) is 0. The van der Waals surface area contributed by atoms with Crippen LogP contribution in [0.3, 0.4) is 0 Å². The lowest BCUT2D eigenvalue weighted by atomic mass is 10.1. The van der Waals surface area contributed by atoms with Crippen molar-refractivity contribution < 1.29 is 24.0 Å². The molecule has 0 amide bonds. The maximum absolute atomic E-state index is 11.3. The summed E-state index contributed by atoms with van der Waals surface area (Å²) in [6.07, 6.45) is 0. The predicted molar refractivity (Wildman–Crippen MR) is 84.2 cm³/mol. The topological polar surface area (TPSA) is 116 Å². The molecule has 0 radical (unpaired) electrons. The predicted octanol–water partition coefficient (Wildman–Crippen LogP) is 3.50. The van der Waals surface area contributed by atoms with Crippen LogP contribution in [-0.4, -0.2) is 27.6 Å². The first kappa shape index (κ1) is 15.5. The van der Waals surface area contributed by atoms with Crippen molar-refractivity contribution in [1.82, 2.24) is 4.98 Å². The molecular formula is C16H12N2O6. The summed E-state index contributed by atoms with van der Waals surface area (Å²) in [6.45, 7) is 2.29. The van der Waals surface area contributed by atoms with Gasteiger partial charge in [0.15, 0.2) is 0 Å². The van der Waals surface area contributed by atoms with Crippen molar-refractivity contribution in [2.75, 3.05) is 6.61 Å². The second-order valence-corrected chi connectivity index (χ2v) is 4.87. The number of pyridine rings is 1. The summed E-state index contributed by atoms with van der Waals surface area (Å²) in [6, 6.07) is 9.02. The average Bonchev–Trinajstić information content (AvgIpc) is 3.04. The van der Waals surface area contributed by atoms with E-state index in [1.165, 1.54) is 18.2 Å². The third kappa shape index (κ3) is 2.76. The smallest absolute Gasteiger partial charge is 0.433 e. The van der Waals surface area contributed by atoms with Crippen LogP contribution in [0.25, 0.3) is 22.2 Å². The Kier molecular flexibility index (Phi) is 3.87. The fourth-order valence-corrected chi connectivity index (χ4v) is 2.35. The highest BCUT2D eigenvalue weighted by Crippen LogP contribution is 2.33. The number of hydrogen-bond acceptors (Lipinski definition) is 6. The van der Waals surface area contributed by atoms with Crippen LogP contribution in [-0.2, 0) is 0 Å². The van der Waals surface area contributed by atoms with E-state index in [1.807, 2.05) is 6.92 Å². The molecule has 0 aliphatic rings. The molecule has 2 heterocycles. The molecule has 2 aromatic heterocycles. The van der Waals surface area contributed by atoms with E-state index in [-0.39, 0.29) is 11.5 Å². The molecule has 0 atom stereocenters. The molecule has 0 bridgehead atoms. The van der Waals surface area contributed by atoms with E-state index in [0.29, 0.717) is 28.8 Å². The van der Waals surface area contributed by atoms with Crippen LogP contribution in [0.2, 0.25) is 0 Å². The number of nitrogens with zero attached hydrogens (tertiary/aromatic N) is 2. The zero-order valence-electron chi connectivity index (χ0n) is 12.6. The van der Waals surface area contributed by atoms with Crippen LogP contribution in [0.1, 0.15) is 17.4 Å². The lowest BCUT2D eigenvalue weighted by Gasteiger charge is -2.08. The van der Waals surface area contributed by atoms with Gasteiger partial charge in [0.2, 0.25) is 0 Å². The summed E-state index contributed by atoms with van der Waals surface area (Å²) in [5, 5.41) is 20.6. The zero-order chi connectivity index (χ0) is 17.3. The number of furan rings is 1. The number of aromatic nitrogens is 1. The fraction of sp³-hybridized carbons (Fsp3) is 0.125. The molecule has 1 N–H and O–H groups in total. The third-order valence-corrected chi connectivity index (χ3v) is 3.35. The monoisotopic (exact) mass is 328 g/mol. The minimum atomic E-state index is -1.21. The van der Waals surface area contributed by atoms with Crippen molar-refractivity contribution in [3.8, 4) is 17.1 Å². The van der Waals surface area contributed by atoms with Gasteiger partial charge in [0, 0.05) is 17.0 Å². The minimum absolute atomic E-state index is 0.190. The largest absolute Gasteiger partial charge is 0.494 e. The number of ether oxygens (including phenoxy) is 1. The van der Waals surface area contributed by atoms with Crippen LogP contribution in [0, 0.1) is 10.1 Å². The van der Waals surface area contributed by atoms with Crippen LogP contribution >= 0.6 is 0 Å². The van der Waals surface area contributed by atoms with Gasteiger partial charge in [-0.05, 0) is 31.2 Å². The second-order valence-electron chi connectivity index (χ2n) is 4.87. The van der Waals surface area contributed by atoms with E-state index in [4.69, 9.17) is 9.15 Å². The Hall–Kier alpha value is -3.42. The number of carboxylic acid groups (broad SMARTS) is 1. The van der Waals surface area contributed by atoms with Gasteiger partial charge in [-0.15, -0.1) is 0 Å². The van der Waals surface area contributed by atoms with Crippen LogP contribution in [0.5, 0.6) is 5.75 Å². The van der Waals surface area contributed by atoms with E-state index in [1.54, 1.807) is 18.2 Å². The van der Waals surface area contributed by atoms with Crippen LogP contribution in [0.4, 0.5) is 5.88 Å². The molecule has 3 aromatic rings. The normalized spacial score (nSPS) is 10.7. The molecule has 8 heteroatoms. The Morgan fingerprint density at radius 3 is 2.75 bits per heavy atom. The molecule has 3 rings (SSSR count). The van der Waals surface area contributed by atoms with Gasteiger partial charge in [0.05, 0.1) is 18.2 Å². The number of fused-ring (bicyclic) bond motifs is 1. The SMILES string of the molecule is CCOc1ccc2c(-c3ccc([N+](=O)[O-])o3)cc(C(=O)O)nc2c1. The van der Waals surface area contributed by atoms with Gasteiger partial charge in [-0.2, -0.15) is 0 Å². The number of rotatable bonds is 5. The molecule has 0 spiro atoms. The van der Waals surface area contributed by atoms with E-state index in [0.717, 1.165) is 0 Å². The van der Waals surface area contributed by atoms with E-state index < -0.39 is 16.8 Å². The van der Waals surface area contributed by atoms with Gasteiger partial charge in [0.1, 0.15) is 22.1 Å². The van der Waals surface area contributed by atoms with Crippen LogP contribution in [0.15, 0.2) is 40.8 Å². The van der Waals surface area contributed by atoms with Crippen LogP contribution < -0.4 is 4.74 Å². The maximum atomic E-state index is 11.3. The highest BCUT2D eigenvalue weighted by Gasteiger charge is 2.18. The lowest BCUT2D eigenvalue weighted by Crippen LogP contribution is -2.01. The van der Waals surface area contributed by atoms with E-state index in [2.05, 4.69) is 4.98 Å². The molecule has 8 nitrogen and oxygen atoms in total. The molecule has 24 heavy (non-hydrogen) atoms. The molecule has 0 saturated carbocycles. The molecule has 0 aliphatic carbocycles. The van der Waals surface area contributed by atoms with Gasteiger partial charge in [-0.25, -0.2) is 9.78 Å². The minimum Gasteiger partial charge on any atom is -0.494 e. The lowest BCUT2D eigenvalue weighted by molar-refractivity contribution is -0.401. The molecule has 0 saturated heterocycles. The summed E-state index contributed by atoms with van der Waals surface area (Å²) >= 11 is 0. The van der Waals surface area contributed by atoms with Gasteiger partial charge >= 0.3 is 11.9 Å². The first-order valence-corrected chi connectivity index (χ1v) is 7.05. The van der Waals surface area contributed by atoms with Crippen molar-refractivity contribution in [2.45, 2.75) is 6.92 Å². The van der Waals surface area contributed by atoms with E-state index in [9.17, 15) is 20.0 Å². The number of nitro groups is 1. The highest BCUT2D eigenvalue weighted by molar-refractivity contribution is 5.98. The summed E-state index contributed by atoms with van der Waals surface area (Å²) in [4.78, 5) is 25.5. The summed E-state index contributed by atoms with van der Waals surface area (Å²) < 4.78 is 10.6. The van der Waals surface area contributed by atoms with Gasteiger partial charge < -0.3 is 14.3 Å². The third-order valence-electron chi connectivity index (χ3n) is 3.35. The number of aromatic carboxylic acids is 1. The molecule has 0 fully saturated rings. The number of carbonyl (C=O) groups is 1. The summed E-state index contributed by atoms with van der Waals surface area (Å²) in [5.74, 6) is -0.879. The van der Waals surface area contributed by atoms with Crippen molar-refractivity contribution >= 4 is 22.8 Å². The fourth-order valence-electron chi connectivity index (χ4n) is 2.35. The van der Waals surface area contributed by atoms with Crippen molar-refractivity contribution in [2.24, 2.45) is 0 Å². The second kappa shape index (κ2) is 5.99. The molecular weight excluding hydrogens is 316 g/mol. The first-order chi connectivity index (χ1) is 11.5. The Morgan fingerprint density at radius 2 is 2.12 bits per heavy atom. The van der Waals surface area contributed by atoms with Gasteiger partial charge in [0.25, 0.3) is 0 Å². The number of benzene rings is 1. The molecule has 122 valence electrons. The number of carboxylic acids is 1. The summed E-state index contributed by atoms with van der Waals surface area (Å²) in [5.41, 5.74) is 0.619. The first-order valence-electron chi connectivity index (χ1n) is 7.05. The molecule has 1 aromatic carbocycles. The van der Waals surface area contributed by atoms with Crippen molar-refractivity contribution in [3.05, 3.63) is 52.2 Å². The molecule has 0 unspecified atom stereocenters. The Labute approximate surface area is 135 Å². The Balaban J connectivity index is 2.23. The van der Waals surface area contributed by atoms with E-state index >= 15 is 0 Å². The van der Waals surface area contributed by atoms with Crippen molar-refractivity contribution in [1.29, 1.82) is 0 Å². The quantitative estimate of drug-likeness (QED) is 0.562. The van der Waals surface area contributed by atoms with Gasteiger partial charge in [-0.1, -0.05) is 0 Å². The molecule has 0 aliphatic heterocycles. The Morgan fingerprint density at radius 1 is 1.33 bits per heavy atom. The standard InChI is InChI=1S/C16H12N2O6/c1-2-23-9-3-4-10-11(14-5-6-15(24-14)18(21)22)8-13(16(19)20)17-12(10)7-9/h3-8H,2H2,1H3,(H,19,20). The average molecular weight is 328 g/mol. The van der Waals surface area contributed by atoms with Crippen molar-refractivity contribution in [3.63, 3.8) is 0 Å².